The molecule has 0 aliphatic carbocycles. The minimum atomic E-state index is -4.25. The minimum absolute atomic E-state index is 0.0154. The van der Waals surface area contributed by atoms with Gasteiger partial charge >= 0.3 is 0 Å². The van der Waals surface area contributed by atoms with Crippen LogP contribution in [0.5, 0.6) is 11.5 Å². The van der Waals surface area contributed by atoms with Crippen LogP contribution in [0.2, 0.25) is 0 Å². The molecule has 2 amide bonds. The summed E-state index contributed by atoms with van der Waals surface area (Å²) in [5, 5.41) is 2.81. The van der Waals surface area contributed by atoms with E-state index in [1.54, 1.807) is 24.3 Å². The van der Waals surface area contributed by atoms with Crippen molar-refractivity contribution < 1.29 is 27.5 Å². The lowest BCUT2D eigenvalue weighted by Gasteiger charge is -2.33. The third kappa shape index (κ3) is 7.58. The van der Waals surface area contributed by atoms with Gasteiger partial charge in [-0.2, -0.15) is 0 Å². The van der Waals surface area contributed by atoms with Crippen LogP contribution in [0.15, 0.2) is 71.6 Å². The van der Waals surface area contributed by atoms with Gasteiger partial charge in [0, 0.05) is 19.2 Å². The molecule has 0 aliphatic heterocycles. The Hall–Kier alpha value is -4.05. The zero-order chi connectivity index (χ0) is 30.2. The number of carbonyl (C=O) groups is 2. The highest BCUT2D eigenvalue weighted by Gasteiger charge is 2.35. The fourth-order valence-corrected chi connectivity index (χ4v) is 5.86. The van der Waals surface area contributed by atoms with Crippen LogP contribution in [0, 0.1) is 13.8 Å². The number of hydrogen-bond donors (Lipinski definition) is 1. The Labute approximate surface area is 243 Å². The normalized spacial score (nSPS) is 11.9. The van der Waals surface area contributed by atoms with Crippen molar-refractivity contribution >= 4 is 27.5 Å². The number of methoxy groups -OCH3 is 2. The molecule has 0 aliphatic rings. The summed E-state index contributed by atoms with van der Waals surface area (Å²) in [6.45, 7) is 7.41. The molecule has 3 rings (SSSR count). The molecule has 3 aromatic carbocycles. The van der Waals surface area contributed by atoms with Crippen molar-refractivity contribution in [2.75, 3.05) is 31.6 Å². The second-order valence-corrected chi connectivity index (χ2v) is 11.6. The molecule has 0 bridgehead atoms. The molecule has 9 nitrogen and oxygen atoms in total. The minimum Gasteiger partial charge on any atom is -0.497 e. The Balaban J connectivity index is 2.14. The van der Waals surface area contributed by atoms with Crippen molar-refractivity contribution in [1.82, 2.24) is 10.2 Å². The molecule has 1 N–H and O–H groups in total. The Morgan fingerprint density at radius 1 is 0.878 bits per heavy atom. The Morgan fingerprint density at radius 3 is 2.02 bits per heavy atom. The van der Waals surface area contributed by atoms with Gasteiger partial charge in [0.25, 0.3) is 10.0 Å². The predicted molar refractivity (Wildman–Crippen MR) is 160 cm³/mol. The van der Waals surface area contributed by atoms with Crippen LogP contribution in [0.3, 0.4) is 0 Å². The van der Waals surface area contributed by atoms with E-state index >= 15 is 0 Å². The number of amides is 2. The van der Waals surface area contributed by atoms with Gasteiger partial charge in [-0.1, -0.05) is 54.4 Å². The number of nitrogens with zero attached hydrogens (tertiary/aromatic N) is 2. The van der Waals surface area contributed by atoms with Gasteiger partial charge in [0.05, 0.1) is 24.8 Å². The van der Waals surface area contributed by atoms with E-state index in [2.05, 4.69) is 5.32 Å². The molecule has 0 radical (unpaired) electrons. The van der Waals surface area contributed by atoms with Crippen LogP contribution in [0.25, 0.3) is 0 Å². The zero-order valence-corrected chi connectivity index (χ0v) is 25.3. The van der Waals surface area contributed by atoms with E-state index in [-0.39, 0.29) is 28.8 Å². The summed E-state index contributed by atoms with van der Waals surface area (Å²) < 4.78 is 40.1. The van der Waals surface area contributed by atoms with E-state index in [0.29, 0.717) is 18.7 Å². The number of hydrogen-bond acceptors (Lipinski definition) is 6. The highest BCUT2D eigenvalue weighted by Crippen LogP contribution is 2.36. The molecule has 220 valence electrons. The zero-order valence-electron chi connectivity index (χ0n) is 24.5. The van der Waals surface area contributed by atoms with Gasteiger partial charge in [-0.05, 0) is 57.0 Å². The highest BCUT2D eigenvalue weighted by atomic mass is 32.2. The summed E-state index contributed by atoms with van der Waals surface area (Å²) in [6.07, 6.45) is 0.344. The van der Waals surface area contributed by atoms with Gasteiger partial charge in [0.15, 0.2) is 0 Å². The van der Waals surface area contributed by atoms with Crippen LogP contribution in [-0.4, -0.2) is 58.5 Å². The lowest BCUT2D eigenvalue weighted by atomic mass is 10.1. The molecule has 0 aromatic heterocycles. The van der Waals surface area contributed by atoms with E-state index < -0.39 is 28.5 Å². The summed E-state index contributed by atoms with van der Waals surface area (Å²) in [5.74, 6) is -0.204. The Morgan fingerprint density at radius 2 is 1.49 bits per heavy atom. The fourth-order valence-electron chi connectivity index (χ4n) is 4.44. The maximum atomic E-state index is 14.2. The molecule has 0 saturated heterocycles. The lowest BCUT2D eigenvalue weighted by Crippen LogP contribution is -2.52. The first-order valence-electron chi connectivity index (χ1n) is 13.5. The molecule has 0 saturated carbocycles. The van der Waals surface area contributed by atoms with Gasteiger partial charge in [-0.25, -0.2) is 8.42 Å². The molecule has 1 atom stereocenters. The summed E-state index contributed by atoms with van der Waals surface area (Å²) in [6, 6.07) is 18.0. The van der Waals surface area contributed by atoms with E-state index in [0.717, 1.165) is 21.0 Å². The molecule has 3 aromatic rings. The van der Waals surface area contributed by atoms with Crippen LogP contribution in [0.1, 0.15) is 37.0 Å². The molecule has 10 heteroatoms. The SMILES string of the molecule is CCNC(=O)[C@@H](CC)N(Cc1ccc(C)cc1)C(=O)CN(c1cc(OC)ccc1OC)S(=O)(=O)c1ccc(C)cc1. The predicted octanol–water partition coefficient (Wildman–Crippen LogP) is 4.46. The fraction of sp³-hybridized carbons (Fsp3) is 0.355. The topological polar surface area (TPSA) is 105 Å². The second-order valence-electron chi connectivity index (χ2n) is 9.69. The number of nitrogens with one attached hydrogen (secondary N) is 1. The Bertz CT molecular complexity index is 1440. The van der Waals surface area contributed by atoms with E-state index in [4.69, 9.17) is 9.47 Å². The van der Waals surface area contributed by atoms with Gasteiger partial charge < -0.3 is 19.7 Å². The first-order chi connectivity index (χ1) is 19.5. The van der Waals surface area contributed by atoms with Crippen molar-refractivity contribution in [2.45, 2.75) is 51.6 Å². The molecule has 41 heavy (non-hydrogen) atoms. The lowest BCUT2D eigenvalue weighted by molar-refractivity contribution is -0.140. The van der Waals surface area contributed by atoms with E-state index in [1.165, 1.54) is 37.3 Å². The summed E-state index contributed by atoms with van der Waals surface area (Å²) in [4.78, 5) is 28.7. The Kier molecular flexibility index (Phi) is 10.8. The van der Waals surface area contributed by atoms with Crippen molar-refractivity contribution in [1.29, 1.82) is 0 Å². The van der Waals surface area contributed by atoms with Crippen molar-refractivity contribution in [3.05, 3.63) is 83.4 Å². The van der Waals surface area contributed by atoms with Gasteiger partial charge in [0.1, 0.15) is 24.1 Å². The van der Waals surface area contributed by atoms with Crippen LogP contribution >= 0.6 is 0 Å². The largest absolute Gasteiger partial charge is 0.497 e. The van der Waals surface area contributed by atoms with Crippen LogP contribution in [-0.2, 0) is 26.2 Å². The van der Waals surface area contributed by atoms with Gasteiger partial charge in [-0.15, -0.1) is 0 Å². The number of benzene rings is 3. The van der Waals surface area contributed by atoms with Crippen LogP contribution < -0.4 is 19.1 Å². The number of sulfonamides is 1. The number of carbonyl (C=O) groups excluding carboxylic acids is 2. The van der Waals surface area contributed by atoms with Gasteiger partial charge in [0.2, 0.25) is 11.8 Å². The summed E-state index contributed by atoms with van der Waals surface area (Å²) in [5.41, 5.74) is 2.91. The maximum Gasteiger partial charge on any atom is 0.264 e. The van der Waals surface area contributed by atoms with Crippen molar-refractivity contribution in [2.24, 2.45) is 0 Å². The third-order valence-electron chi connectivity index (χ3n) is 6.75. The molecule has 0 fully saturated rings. The van der Waals surface area contributed by atoms with E-state index in [9.17, 15) is 18.0 Å². The third-order valence-corrected chi connectivity index (χ3v) is 8.53. The van der Waals surface area contributed by atoms with Crippen molar-refractivity contribution in [3.8, 4) is 11.5 Å². The molecular formula is C31H39N3O6S. The van der Waals surface area contributed by atoms with Crippen molar-refractivity contribution in [3.63, 3.8) is 0 Å². The first kappa shape index (κ1) is 31.5. The average Bonchev–Trinajstić information content (AvgIpc) is 2.96. The molecule has 0 spiro atoms. The molecule has 0 unspecified atom stereocenters. The number of anilines is 1. The summed E-state index contributed by atoms with van der Waals surface area (Å²) in [7, 11) is -1.35. The quantitative estimate of drug-likeness (QED) is 0.320. The smallest absolute Gasteiger partial charge is 0.264 e. The van der Waals surface area contributed by atoms with E-state index in [1.807, 2.05) is 52.0 Å². The summed E-state index contributed by atoms with van der Waals surface area (Å²) >= 11 is 0. The second kappa shape index (κ2) is 14.0. The standard InChI is InChI=1S/C31H39N3O6S/c1-7-27(31(36)32-8-2)33(20-24-13-9-22(3)10-14-24)30(35)21-34(28-19-25(39-5)15-18-29(28)40-6)41(37,38)26-16-11-23(4)12-17-26/h9-19,27H,7-8,20-21H2,1-6H3,(H,32,36)/t27-/m1/s1. The first-order valence-corrected chi connectivity index (χ1v) is 14.9. The molecule has 0 heterocycles. The maximum absolute atomic E-state index is 14.2. The number of rotatable bonds is 13. The molecular weight excluding hydrogens is 542 g/mol. The van der Waals surface area contributed by atoms with Crippen LogP contribution in [0.4, 0.5) is 5.69 Å². The monoisotopic (exact) mass is 581 g/mol. The average molecular weight is 582 g/mol. The number of likely N-dealkylation sites (N-methyl/N-ethyl adjacent to an activating group) is 1. The van der Waals surface area contributed by atoms with Gasteiger partial charge in [-0.3, -0.25) is 13.9 Å². The number of aryl methyl sites for hydroxylation is 2. The number of ether oxygens (including phenoxy) is 2. The highest BCUT2D eigenvalue weighted by molar-refractivity contribution is 7.92.